The number of hydrogen-bond acceptors (Lipinski definition) is 5. The van der Waals surface area contributed by atoms with E-state index in [1.165, 1.54) is 6.20 Å². The van der Waals surface area contributed by atoms with Crippen molar-refractivity contribution in [1.82, 2.24) is 0 Å². The van der Waals surface area contributed by atoms with Crippen molar-refractivity contribution in [3.63, 3.8) is 0 Å². The van der Waals surface area contributed by atoms with Crippen LogP contribution >= 0.6 is 0 Å². The SMILES string of the molecule is CCOC(=O)c1ccc(NC(=O)/C(C#N)=C\N(CC)c2ccccc2)cc1. The minimum atomic E-state index is -0.518. The number of nitriles is 1. The quantitative estimate of drug-likeness (QED) is 0.460. The van der Waals surface area contributed by atoms with E-state index in [2.05, 4.69) is 5.32 Å². The van der Waals surface area contributed by atoms with Crippen LogP contribution in [0.4, 0.5) is 11.4 Å². The van der Waals surface area contributed by atoms with Gasteiger partial charge in [-0.2, -0.15) is 5.26 Å². The summed E-state index contributed by atoms with van der Waals surface area (Å²) in [5, 5.41) is 12.0. The van der Waals surface area contributed by atoms with Crippen LogP contribution in [0.15, 0.2) is 66.4 Å². The molecule has 1 N–H and O–H groups in total. The van der Waals surface area contributed by atoms with Crippen LogP contribution in [0, 0.1) is 11.3 Å². The molecule has 6 heteroatoms. The van der Waals surface area contributed by atoms with Crippen molar-refractivity contribution in [3.8, 4) is 6.07 Å². The van der Waals surface area contributed by atoms with Crippen LogP contribution in [0.3, 0.4) is 0 Å². The standard InChI is InChI=1S/C21H21N3O3/c1-3-24(19-8-6-5-7-9-19)15-17(14-22)20(25)23-18-12-10-16(11-13-18)21(26)27-4-2/h5-13,15H,3-4H2,1-2H3,(H,23,25)/b17-15-. The molecule has 0 aliphatic carbocycles. The average molecular weight is 363 g/mol. The molecule has 2 rings (SSSR count). The van der Waals surface area contributed by atoms with Crippen LogP contribution in [-0.4, -0.2) is 25.0 Å². The number of nitrogens with one attached hydrogen (secondary N) is 1. The summed E-state index contributed by atoms with van der Waals surface area (Å²) in [6.07, 6.45) is 1.53. The van der Waals surface area contributed by atoms with Crippen LogP contribution in [0.5, 0.6) is 0 Å². The molecule has 2 aromatic carbocycles. The second-order valence-corrected chi connectivity index (χ2v) is 5.53. The van der Waals surface area contributed by atoms with Crippen molar-refractivity contribution >= 4 is 23.3 Å². The first-order valence-electron chi connectivity index (χ1n) is 8.61. The first-order chi connectivity index (χ1) is 13.1. The van der Waals surface area contributed by atoms with Gasteiger partial charge in [0.15, 0.2) is 0 Å². The number of nitrogens with zero attached hydrogens (tertiary/aromatic N) is 2. The van der Waals surface area contributed by atoms with Gasteiger partial charge in [-0.05, 0) is 50.2 Å². The lowest BCUT2D eigenvalue weighted by Crippen LogP contribution is -2.20. The highest BCUT2D eigenvalue weighted by Crippen LogP contribution is 2.16. The first kappa shape index (κ1) is 19.7. The highest BCUT2D eigenvalue weighted by atomic mass is 16.5. The largest absolute Gasteiger partial charge is 0.462 e. The molecule has 0 saturated heterocycles. The number of ether oxygens (including phenoxy) is 1. The zero-order chi connectivity index (χ0) is 19.6. The minimum Gasteiger partial charge on any atom is -0.462 e. The van der Waals surface area contributed by atoms with Gasteiger partial charge in [0, 0.05) is 24.1 Å². The number of esters is 1. The number of carbonyl (C=O) groups is 2. The lowest BCUT2D eigenvalue weighted by atomic mass is 10.2. The fourth-order valence-corrected chi connectivity index (χ4v) is 2.36. The topological polar surface area (TPSA) is 82.4 Å². The summed E-state index contributed by atoms with van der Waals surface area (Å²) in [5.74, 6) is -0.940. The monoisotopic (exact) mass is 363 g/mol. The third-order valence-corrected chi connectivity index (χ3v) is 3.73. The van der Waals surface area contributed by atoms with Crippen LogP contribution in [0.2, 0.25) is 0 Å². The van der Waals surface area contributed by atoms with Gasteiger partial charge in [-0.25, -0.2) is 4.79 Å². The van der Waals surface area contributed by atoms with E-state index >= 15 is 0 Å². The molecule has 0 aromatic heterocycles. The third-order valence-electron chi connectivity index (χ3n) is 3.73. The molecule has 0 aliphatic heterocycles. The van der Waals surface area contributed by atoms with Crippen LogP contribution in [-0.2, 0) is 9.53 Å². The van der Waals surface area contributed by atoms with Gasteiger partial charge in [0.1, 0.15) is 11.6 Å². The van der Waals surface area contributed by atoms with Crippen molar-refractivity contribution in [3.05, 3.63) is 71.9 Å². The van der Waals surface area contributed by atoms with Gasteiger partial charge in [-0.1, -0.05) is 18.2 Å². The maximum Gasteiger partial charge on any atom is 0.338 e. The maximum atomic E-state index is 12.4. The summed E-state index contributed by atoms with van der Waals surface area (Å²) in [6.45, 7) is 4.57. The maximum absolute atomic E-state index is 12.4. The van der Waals surface area contributed by atoms with Crippen LogP contribution < -0.4 is 10.2 Å². The van der Waals surface area contributed by atoms with Crippen molar-refractivity contribution < 1.29 is 14.3 Å². The third kappa shape index (κ3) is 5.44. The van der Waals surface area contributed by atoms with Gasteiger partial charge in [-0.15, -0.1) is 0 Å². The second kappa shape index (κ2) is 9.78. The summed E-state index contributed by atoms with van der Waals surface area (Å²) in [5.41, 5.74) is 1.75. The number of rotatable bonds is 7. The molecule has 2 aromatic rings. The predicted molar refractivity (Wildman–Crippen MR) is 104 cm³/mol. The highest BCUT2D eigenvalue weighted by molar-refractivity contribution is 6.07. The molecule has 0 radical (unpaired) electrons. The number of amides is 1. The van der Waals surface area contributed by atoms with Gasteiger partial charge in [0.2, 0.25) is 0 Å². The number of para-hydroxylation sites is 1. The molecular formula is C21H21N3O3. The second-order valence-electron chi connectivity index (χ2n) is 5.53. The smallest absolute Gasteiger partial charge is 0.338 e. The number of carbonyl (C=O) groups excluding carboxylic acids is 2. The van der Waals surface area contributed by atoms with E-state index in [1.54, 1.807) is 31.2 Å². The summed E-state index contributed by atoms with van der Waals surface area (Å²) >= 11 is 0. The molecule has 0 spiro atoms. The Morgan fingerprint density at radius 3 is 2.33 bits per heavy atom. The Kier molecular flexibility index (Phi) is 7.15. The van der Waals surface area contributed by atoms with E-state index in [1.807, 2.05) is 48.2 Å². The minimum absolute atomic E-state index is 0.0184. The van der Waals surface area contributed by atoms with E-state index < -0.39 is 11.9 Å². The molecule has 27 heavy (non-hydrogen) atoms. The van der Waals surface area contributed by atoms with Crippen molar-refractivity contribution in [2.45, 2.75) is 13.8 Å². The molecule has 6 nitrogen and oxygen atoms in total. The fraction of sp³-hybridized carbons (Fsp3) is 0.190. The van der Waals surface area contributed by atoms with Gasteiger partial charge in [0.05, 0.1) is 12.2 Å². The zero-order valence-corrected chi connectivity index (χ0v) is 15.3. The van der Waals surface area contributed by atoms with Crippen molar-refractivity contribution in [2.75, 3.05) is 23.4 Å². The number of hydrogen-bond donors (Lipinski definition) is 1. The molecule has 0 heterocycles. The lowest BCUT2D eigenvalue weighted by molar-refractivity contribution is -0.112. The molecule has 0 saturated carbocycles. The average Bonchev–Trinajstić information content (AvgIpc) is 2.70. The lowest BCUT2D eigenvalue weighted by Gasteiger charge is -2.18. The summed E-state index contributed by atoms with van der Waals surface area (Å²) in [7, 11) is 0. The van der Waals surface area contributed by atoms with Gasteiger partial charge < -0.3 is 15.0 Å². The molecule has 0 bridgehead atoms. The Bertz CT molecular complexity index is 852. The Morgan fingerprint density at radius 1 is 1.11 bits per heavy atom. The summed E-state index contributed by atoms with van der Waals surface area (Å²) in [6, 6.07) is 17.7. The van der Waals surface area contributed by atoms with E-state index in [-0.39, 0.29) is 5.57 Å². The summed E-state index contributed by atoms with van der Waals surface area (Å²) in [4.78, 5) is 25.9. The Morgan fingerprint density at radius 2 is 1.78 bits per heavy atom. The van der Waals surface area contributed by atoms with Gasteiger partial charge in [-0.3, -0.25) is 4.79 Å². The van der Waals surface area contributed by atoms with E-state index in [0.717, 1.165) is 5.69 Å². The molecule has 0 atom stereocenters. The van der Waals surface area contributed by atoms with E-state index in [4.69, 9.17) is 4.74 Å². The Hall–Kier alpha value is -3.59. The molecule has 0 aliphatic rings. The fourth-order valence-electron chi connectivity index (χ4n) is 2.36. The van der Waals surface area contributed by atoms with Crippen molar-refractivity contribution in [2.24, 2.45) is 0 Å². The molecule has 1 amide bonds. The Balaban J connectivity index is 2.12. The van der Waals surface area contributed by atoms with E-state index in [0.29, 0.717) is 24.4 Å². The normalized spacial score (nSPS) is 10.6. The van der Waals surface area contributed by atoms with Gasteiger partial charge in [0.25, 0.3) is 5.91 Å². The first-order valence-corrected chi connectivity index (χ1v) is 8.61. The number of benzene rings is 2. The molecule has 0 unspecified atom stereocenters. The zero-order valence-electron chi connectivity index (χ0n) is 15.3. The summed E-state index contributed by atoms with van der Waals surface area (Å²) < 4.78 is 4.92. The highest BCUT2D eigenvalue weighted by Gasteiger charge is 2.13. The Labute approximate surface area is 158 Å². The van der Waals surface area contributed by atoms with Gasteiger partial charge >= 0.3 is 5.97 Å². The van der Waals surface area contributed by atoms with Crippen LogP contribution in [0.1, 0.15) is 24.2 Å². The molecular weight excluding hydrogens is 342 g/mol. The predicted octanol–water partition coefficient (Wildman–Crippen LogP) is 3.74. The van der Waals surface area contributed by atoms with E-state index in [9.17, 15) is 14.9 Å². The van der Waals surface area contributed by atoms with Crippen molar-refractivity contribution in [1.29, 1.82) is 5.26 Å². The number of anilines is 2. The molecule has 0 fully saturated rings. The molecule has 138 valence electrons. The van der Waals surface area contributed by atoms with Crippen LogP contribution in [0.25, 0.3) is 0 Å².